The maximum atomic E-state index is 14.1. The fourth-order valence-corrected chi connectivity index (χ4v) is 7.28. The molecular weight excluding hydrogens is 617 g/mol. The van der Waals surface area contributed by atoms with Crippen molar-refractivity contribution in [1.82, 2.24) is 15.5 Å². The van der Waals surface area contributed by atoms with E-state index in [-0.39, 0.29) is 48.1 Å². The number of nitrogens with zero attached hydrogens (tertiary/aromatic N) is 2. The van der Waals surface area contributed by atoms with Crippen molar-refractivity contribution in [3.63, 3.8) is 0 Å². The first-order chi connectivity index (χ1) is 22.9. The number of anilines is 2. The molecular formula is C35H42FN7O5. The van der Waals surface area contributed by atoms with Crippen molar-refractivity contribution >= 4 is 46.6 Å². The summed E-state index contributed by atoms with van der Waals surface area (Å²) in [6, 6.07) is 9.57. The molecule has 2 aromatic rings. The number of benzene rings is 2. The minimum Gasteiger partial charge on any atom is -0.410 e. The molecule has 1 heterocycles. The molecule has 1 unspecified atom stereocenters. The maximum Gasteiger partial charge on any atom is 0.318 e. The van der Waals surface area contributed by atoms with Gasteiger partial charge in [-0.2, -0.15) is 0 Å². The second-order valence-electron chi connectivity index (χ2n) is 14.0. The number of hydrogen-bond acceptors (Lipinski definition) is 7. The van der Waals surface area contributed by atoms with E-state index in [4.69, 9.17) is 5.41 Å². The van der Waals surface area contributed by atoms with Crippen LogP contribution in [0, 0.1) is 34.9 Å². The monoisotopic (exact) mass is 659 g/mol. The molecule has 13 heteroatoms. The van der Waals surface area contributed by atoms with E-state index in [1.54, 1.807) is 23.1 Å². The summed E-state index contributed by atoms with van der Waals surface area (Å²) in [6.45, 7) is 5.66. The number of rotatable bonds is 12. The second-order valence-corrected chi connectivity index (χ2v) is 14.0. The van der Waals surface area contributed by atoms with Crippen molar-refractivity contribution in [2.75, 3.05) is 17.2 Å². The molecule has 3 fully saturated rings. The third-order valence-electron chi connectivity index (χ3n) is 10.2. The summed E-state index contributed by atoms with van der Waals surface area (Å²) in [5, 5.41) is 31.7. The molecule has 6 N–H and O–H groups in total. The Kier molecular flexibility index (Phi) is 8.97. The van der Waals surface area contributed by atoms with Gasteiger partial charge in [0.05, 0.1) is 11.8 Å². The third-order valence-corrected chi connectivity index (χ3v) is 10.2. The molecule has 3 aliphatic carbocycles. The van der Waals surface area contributed by atoms with Crippen LogP contribution >= 0.6 is 0 Å². The molecule has 0 spiro atoms. The minimum atomic E-state index is -1.30. The van der Waals surface area contributed by atoms with Crippen molar-refractivity contribution in [3.8, 4) is 0 Å². The lowest BCUT2D eigenvalue weighted by atomic mass is 9.88. The number of carbonyl (C=O) groups is 4. The Bertz CT molecular complexity index is 1670. The first kappa shape index (κ1) is 33.1. The quantitative estimate of drug-likeness (QED) is 0.114. The summed E-state index contributed by atoms with van der Waals surface area (Å²) < 4.78 is 14.0. The Morgan fingerprint density at radius 1 is 1.02 bits per heavy atom. The van der Waals surface area contributed by atoms with Crippen molar-refractivity contribution in [1.29, 1.82) is 5.41 Å². The lowest BCUT2D eigenvalue weighted by molar-refractivity contribution is -0.125. The van der Waals surface area contributed by atoms with Crippen LogP contribution in [-0.2, 0) is 27.2 Å². The Morgan fingerprint density at radius 2 is 1.69 bits per heavy atom. The number of hydrogen-bond donors (Lipinski definition) is 6. The zero-order chi connectivity index (χ0) is 34.3. The number of oxime groups is 1. The van der Waals surface area contributed by atoms with Crippen LogP contribution in [0.3, 0.4) is 0 Å². The van der Waals surface area contributed by atoms with Gasteiger partial charge in [-0.1, -0.05) is 31.1 Å². The Hall–Kier alpha value is -4.81. The van der Waals surface area contributed by atoms with E-state index in [0.29, 0.717) is 24.1 Å². The summed E-state index contributed by atoms with van der Waals surface area (Å²) in [5.41, 5.74) is 0.396. The molecule has 4 aliphatic rings. The van der Waals surface area contributed by atoms with Crippen LogP contribution in [0.2, 0.25) is 0 Å². The van der Waals surface area contributed by atoms with Gasteiger partial charge >= 0.3 is 6.03 Å². The molecule has 0 bridgehead atoms. The molecule has 2 aromatic carbocycles. The van der Waals surface area contributed by atoms with Crippen LogP contribution in [-0.4, -0.2) is 69.5 Å². The average Bonchev–Trinajstić information content (AvgIpc) is 3.96. The number of fused-ring (bicyclic) bond motifs is 1. The summed E-state index contributed by atoms with van der Waals surface area (Å²) in [4.78, 5) is 56.0. The van der Waals surface area contributed by atoms with Crippen LogP contribution in [0.5, 0.6) is 0 Å². The maximum absolute atomic E-state index is 14.1. The van der Waals surface area contributed by atoms with Crippen molar-refractivity contribution in [2.24, 2.45) is 28.8 Å². The third kappa shape index (κ3) is 6.63. The Labute approximate surface area is 278 Å². The zero-order valence-electron chi connectivity index (χ0n) is 27.3. The van der Waals surface area contributed by atoms with Gasteiger partial charge < -0.3 is 36.8 Å². The number of urea groups is 1. The summed E-state index contributed by atoms with van der Waals surface area (Å²) in [7, 11) is 0. The minimum absolute atomic E-state index is 0.0869. The Balaban J connectivity index is 1.26. The van der Waals surface area contributed by atoms with Gasteiger partial charge in [0.2, 0.25) is 5.91 Å². The molecule has 12 nitrogen and oxygen atoms in total. The van der Waals surface area contributed by atoms with E-state index >= 15 is 0 Å². The van der Waals surface area contributed by atoms with E-state index in [1.807, 2.05) is 19.9 Å². The van der Waals surface area contributed by atoms with Gasteiger partial charge in [0.25, 0.3) is 11.8 Å². The van der Waals surface area contributed by atoms with Gasteiger partial charge in [-0.25, -0.2) is 9.18 Å². The van der Waals surface area contributed by atoms with Crippen LogP contribution in [0.4, 0.5) is 20.6 Å². The molecule has 6 rings (SSSR count). The SMILES string of the molecule is CC(=N)/C(=N\O)C(=O)N[C@H](C(=O)Nc1ccc2c(c1)CC(C(=O)Nc1cccc(F)c1)(N1C[C@@H](C(C)C)NC1=O)C2)C(C1CC1)C1CC1. The average molecular weight is 660 g/mol. The van der Waals surface area contributed by atoms with E-state index < -0.39 is 40.8 Å². The summed E-state index contributed by atoms with van der Waals surface area (Å²) >= 11 is 0. The van der Waals surface area contributed by atoms with Crippen molar-refractivity contribution in [3.05, 3.63) is 59.4 Å². The van der Waals surface area contributed by atoms with Gasteiger partial charge in [-0.05, 0) is 97.7 Å². The molecule has 2 saturated carbocycles. The molecule has 1 saturated heterocycles. The van der Waals surface area contributed by atoms with E-state index in [1.165, 1.54) is 25.1 Å². The first-order valence-electron chi connectivity index (χ1n) is 16.6. The van der Waals surface area contributed by atoms with Gasteiger partial charge in [0, 0.05) is 30.8 Å². The van der Waals surface area contributed by atoms with Crippen molar-refractivity contribution in [2.45, 2.75) is 76.9 Å². The Morgan fingerprint density at radius 3 is 2.27 bits per heavy atom. The zero-order valence-corrected chi connectivity index (χ0v) is 27.3. The smallest absolute Gasteiger partial charge is 0.318 e. The van der Waals surface area contributed by atoms with Crippen LogP contribution in [0.1, 0.15) is 57.6 Å². The lowest BCUT2D eigenvalue weighted by Gasteiger charge is -2.36. The molecule has 0 aromatic heterocycles. The summed E-state index contributed by atoms with van der Waals surface area (Å²) in [6.07, 6.45) is 4.26. The van der Waals surface area contributed by atoms with E-state index in [9.17, 15) is 28.8 Å². The molecule has 5 amide bonds. The topological polar surface area (TPSA) is 176 Å². The lowest BCUT2D eigenvalue weighted by Crippen LogP contribution is -2.59. The molecule has 1 aliphatic heterocycles. The number of nitrogens with one attached hydrogen (secondary N) is 5. The van der Waals surface area contributed by atoms with Crippen LogP contribution < -0.4 is 21.3 Å². The highest BCUT2D eigenvalue weighted by molar-refractivity contribution is 6.65. The number of carbonyl (C=O) groups excluding carboxylic acids is 4. The fourth-order valence-electron chi connectivity index (χ4n) is 7.28. The summed E-state index contributed by atoms with van der Waals surface area (Å²) in [5.74, 6) is -1.50. The van der Waals surface area contributed by atoms with Gasteiger partial charge in [-0.15, -0.1) is 0 Å². The van der Waals surface area contributed by atoms with Gasteiger partial charge in [-0.3, -0.25) is 14.4 Å². The normalized spacial score (nSPS) is 22.7. The van der Waals surface area contributed by atoms with Gasteiger partial charge in [0.1, 0.15) is 17.4 Å². The number of halogens is 1. The van der Waals surface area contributed by atoms with Crippen LogP contribution in [0.15, 0.2) is 47.6 Å². The highest BCUT2D eigenvalue weighted by atomic mass is 19.1. The predicted octanol–water partition coefficient (Wildman–Crippen LogP) is 4.08. The fraction of sp³-hybridized carbons (Fsp3) is 0.486. The standard InChI is InChI=1S/C35H42FN7O5/c1-18(2)27-17-43(34(47)40-27)35(33(46)39-25-6-4-5-24(36)14-25)15-22-11-12-26(13-23(22)16-35)38-32(45)30(28(20-7-8-20)21-9-10-21)41-31(44)29(42-48)19(3)37/h4-6,11-14,18,20-21,27-28,30,37,48H,7-10,15-17H2,1-3H3,(H,38,45)(H,39,46)(H,40,47)(H,41,44)/b37-19?,42-29+/t27-,30-,35?/m0/s1. The number of amides is 5. The molecule has 254 valence electrons. The van der Waals surface area contributed by atoms with Crippen LogP contribution in [0.25, 0.3) is 0 Å². The molecule has 48 heavy (non-hydrogen) atoms. The highest BCUT2D eigenvalue weighted by Gasteiger charge is 2.54. The first-order valence-corrected chi connectivity index (χ1v) is 16.6. The largest absolute Gasteiger partial charge is 0.410 e. The van der Waals surface area contributed by atoms with Crippen molar-refractivity contribution < 1.29 is 28.8 Å². The molecule has 0 radical (unpaired) electrons. The second kappa shape index (κ2) is 13.0. The van der Waals surface area contributed by atoms with E-state index in [0.717, 1.165) is 36.8 Å². The molecule has 3 atom stereocenters. The predicted molar refractivity (Wildman–Crippen MR) is 178 cm³/mol. The van der Waals surface area contributed by atoms with E-state index in [2.05, 4.69) is 26.4 Å². The van der Waals surface area contributed by atoms with Gasteiger partial charge in [0.15, 0.2) is 5.71 Å². The highest BCUT2D eigenvalue weighted by Crippen LogP contribution is 2.51.